The molecule has 53 heteroatoms. The van der Waals surface area contributed by atoms with Gasteiger partial charge >= 0.3 is 65.6 Å². The van der Waals surface area contributed by atoms with E-state index in [9.17, 15) is 89.5 Å². The van der Waals surface area contributed by atoms with E-state index < -0.39 is 122 Å². The van der Waals surface area contributed by atoms with Crippen LogP contribution < -0.4 is 74.8 Å². The van der Waals surface area contributed by atoms with E-state index in [-0.39, 0.29) is 94.8 Å². The number of alkyl halides is 15. The SMILES string of the molecule is CCN(CC)c1nc(Nc2ccc(C(=O)O)cc2)nc(OCC(F)(F)C(C)F)n1.CCN(CC)c1nc(Nc2ccc(F)cc2)nc(OCC(F)(F)C(C)F)n1.CCN(CC)c1nc(Nc2cccc(Cl)c2)nc(OCC(F)(F)C(C)F)n1.CCN(CC)c1nc(Nc2cccc(F)c2)nc(OCC(F)(F)C(C)F)n1.CCN(CC)c1nc(Nc2cccc([N+](=O)[O-])c2)nc(OCC(F)(F)C(C)F)n1. The molecule has 139 heavy (non-hydrogen) atoms. The molecule has 0 aliphatic rings. The first-order valence-corrected chi connectivity index (χ1v) is 43.4. The van der Waals surface area contributed by atoms with E-state index in [2.05, 4.69) is 101 Å². The van der Waals surface area contributed by atoms with Gasteiger partial charge in [0.05, 0.1) is 10.5 Å². The van der Waals surface area contributed by atoms with E-state index >= 15 is 0 Å². The molecule has 10 aromatic rings. The van der Waals surface area contributed by atoms with Crippen LogP contribution in [-0.4, -0.2) is 250 Å². The fourth-order valence-corrected chi connectivity index (χ4v) is 10.8. The smallest absolute Gasteiger partial charge is 0.335 e. The zero-order valence-electron chi connectivity index (χ0n) is 77.9. The van der Waals surface area contributed by atoms with Gasteiger partial charge in [-0.2, -0.15) is 119 Å². The number of carboxylic acid groups (broad SMARTS) is 1. The summed E-state index contributed by atoms with van der Waals surface area (Å²) in [4.78, 5) is 91.1. The molecule has 10 rings (SSSR count). The Morgan fingerprint density at radius 2 is 0.583 bits per heavy atom. The summed E-state index contributed by atoms with van der Waals surface area (Å²) in [5, 5.41) is 34.6. The molecule has 35 nitrogen and oxygen atoms in total. The summed E-state index contributed by atoms with van der Waals surface area (Å²) in [6, 6.07) is 27.3. The second-order valence-electron chi connectivity index (χ2n) is 29.2. The van der Waals surface area contributed by atoms with Gasteiger partial charge in [-0.25, -0.2) is 35.5 Å². The number of benzene rings is 5. The Labute approximate surface area is 793 Å². The number of aromatic carboxylic acids is 1. The van der Waals surface area contributed by atoms with Crippen molar-refractivity contribution >= 4 is 111 Å². The number of nitro groups is 1. The highest BCUT2D eigenvalue weighted by Gasteiger charge is 2.43. The molecule has 0 radical (unpaired) electrons. The van der Waals surface area contributed by atoms with E-state index in [1.165, 1.54) is 84.9 Å². The number of anilines is 15. The highest BCUT2D eigenvalue weighted by Crippen LogP contribution is 2.33. The second kappa shape index (κ2) is 53.7. The Morgan fingerprint density at radius 3 is 0.820 bits per heavy atom. The third kappa shape index (κ3) is 36.9. The summed E-state index contributed by atoms with van der Waals surface area (Å²) in [6.45, 7) is 21.9. The average molecular weight is 2010 g/mol. The number of aromatic nitrogens is 15. The molecule has 5 atom stereocenters. The van der Waals surface area contributed by atoms with Gasteiger partial charge in [-0.1, -0.05) is 29.8 Å². The lowest BCUT2D eigenvalue weighted by molar-refractivity contribution is -0.384. The van der Waals surface area contributed by atoms with E-state index in [1.807, 2.05) is 69.2 Å². The minimum absolute atomic E-state index is 0.0101. The van der Waals surface area contributed by atoms with Crippen molar-refractivity contribution in [2.75, 3.05) is 150 Å². The number of nitro benzene ring substituents is 1. The maximum absolute atomic E-state index is 13.5. The maximum Gasteiger partial charge on any atom is 0.335 e. The molecule has 0 aliphatic carbocycles. The third-order valence-electron chi connectivity index (χ3n) is 19.1. The molecule has 0 amide bonds. The minimum atomic E-state index is -3.71. The fraction of sp³-hybridized carbons (Fsp3) is 0.465. The molecule has 0 fully saturated rings. The molecule has 6 N–H and O–H groups in total. The quantitative estimate of drug-likeness (QED) is 0.0117. The van der Waals surface area contributed by atoms with Crippen LogP contribution in [0.2, 0.25) is 5.02 Å². The van der Waals surface area contributed by atoms with Crippen LogP contribution >= 0.6 is 11.6 Å². The molecule has 0 aliphatic heterocycles. The molecule has 0 bridgehead atoms. The predicted octanol–water partition coefficient (Wildman–Crippen LogP) is 19.7. The van der Waals surface area contributed by atoms with E-state index in [4.69, 9.17) is 40.4 Å². The summed E-state index contributed by atoms with van der Waals surface area (Å²) in [6.07, 6.45) is -11.9. The van der Waals surface area contributed by atoms with Crippen LogP contribution in [-0.2, 0) is 0 Å². The maximum atomic E-state index is 13.5. The average Bonchev–Trinajstić information content (AvgIpc) is 0.861. The van der Waals surface area contributed by atoms with Crippen molar-refractivity contribution in [2.45, 2.75) is 164 Å². The van der Waals surface area contributed by atoms with Gasteiger partial charge in [0.15, 0.2) is 63.9 Å². The molecular weight excluding hydrogens is 1900 g/mol. The molecule has 0 spiro atoms. The van der Waals surface area contributed by atoms with Gasteiger partial charge in [0, 0.05) is 111 Å². The van der Waals surface area contributed by atoms with Gasteiger partial charge in [-0.05, 0) is 195 Å². The number of hydrogen-bond acceptors (Lipinski definition) is 33. The van der Waals surface area contributed by atoms with Gasteiger partial charge in [-0.3, -0.25) is 10.1 Å². The zero-order valence-corrected chi connectivity index (χ0v) is 78.7. The molecule has 760 valence electrons. The summed E-state index contributed by atoms with van der Waals surface area (Å²) < 4.78 is 251. The van der Waals surface area contributed by atoms with Crippen LogP contribution in [0, 0.1) is 21.7 Å². The second-order valence-corrected chi connectivity index (χ2v) is 29.7. The van der Waals surface area contributed by atoms with E-state index in [0.29, 0.717) is 98.9 Å². The largest absolute Gasteiger partial charge is 0.478 e. The lowest BCUT2D eigenvalue weighted by Crippen LogP contribution is -2.35. The Balaban J connectivity index is 0.000000266. The molecule has 0 saturated carbocycles. The van der Waals surface area contributed by atoms with Crippen molar-refractivity contribution in [3.63, 3.8) is 0 Å². The zero-order chi connectivity index (χ0) is 103. The number of nitrogens with one attached hydrogen (secondary N) is 5. The third-order valence-corrected chi connectivity index (χ3v) is 19.3. The summed E-state index contributed by atoms with van der Waals surface area (Å²) in [7, 11) is 0. The van der Waals surface area contributed by atoms with E-state index in [0.717, 1.165) is 34.6 Å². The number of ether oxygens (including phenoxy) is 5. The van der Waals surface area contributed by atoms with Gasteiger partial charge in [0.25, 0.3) is 5.69 Å². The number of carbonyl (C=O) groups is 1. The first-order valence-electron chi connectivity index (χ1n) is 43.0. The van der Waals surface area contributed by atoms with E-state index in [1.54, 1.807) is 60.9 Å². The number of hydrogen-bond donors (Lipinski definition) is 6. The first-order chi connectivity index (χ1) is 65.5. The van der Waals surface area contributed by atoms with Gasteiger partial charge in [0.2, 0.25) is 59.5 Å². The summed E-state index contributed by atoms with van der Waals surface area (Å²) >= 11 is 5.95. The van der Waals surface area contributed by atoms with Crippen molar-refractivity contribution in [2.24, 2.45) is 0 Å². The number of non-ortho nitro benzene ring substituents is 1. The molecule has 5 unspecified atom stereocenters. The number of halogens is 18. The molecule has 5 aromatic heterocycles. The number of rotatable bonds is 47. The van der Waals surface area contributed by atoms with Gasteiger partial charge in [-0.15, -0.1) is 0 Å². The highest BCUT2D eigenvalue weighted by atomic mass is 35.5. The van der Waals surface area contributed by atoms with Crippen LogP contribution in [0.3, 0.4) is 0 Å². The number of carboxylic acids is 1. The Kier molecular flexibility index (Phi) is 44.0. The topological polar surface area (TPSA) is 396 Å². The minimum Gasteiger partial charge on any atom is -0.478 e. The Morgan fingerprint density at radius 1 is 0.345 bits per heavy atom. The number of nitrogens with zero attached hydrogens (tertiary/aromatic N) is 21. The van der Waals surface area contributed by atoms with Gasteiger partial charge < -0.3 is 79.9 Å². The van der Waals surface area contributed by atoms with Crippen LogP contribution in [0.15, 0.2) is 121 Å². The predicted molar refractivity (Wildman–Crippen MR) is 489 cm³/mol. The standard InChI is InChI=1S/C18H22F3N5O3.C17H21ClF3N5O.2C17H21F4N5O.C17H21F3N6O3/c1-4-26(5-2)16-23-15(22-13-8-6-12(7-9-13)14(27)28)24-17(25-16)29-10-18(20,21)11(3)19;1-4-26(5-2)15-23-14(22-13-8-6-7-12(18)9-13)24-16(25-15)27-10-17(20,21)11(3)19;1-4-26(5-2)15-23-14(22-13-8-6-12(19)7-9-13)24-16(25-15)27-10-17(20,21)11(3)18;1-4-26(5-2)15-23-14(22-13-8-6-7-12(19)9-13)24-16(25-15)27-10-17(20,21)11(3)18;1-4-25(5-2)15-22-14(21-12-7-6-8-13(9-12)26(27)28)23-16(24-15)29-10-17(19,20)11(3)18/h6-9,11H,4-5,10H2,1-3H3,(H,27,28)(H,22,23,24,25);3*6-9,11H,4-5,10H2,1-3H3,(H,22,23,24,25);6-9,11H,4-5,10H2,1-3H3,(H,21,22,23,24). The van der Waals surface area contributed by atoms with Crippen molar-refractivity contribution < 1.29 is 113 Å². The lowest BCUT2D eigenvalue weighted by atomic mass is 10.2. The van der Waals surface area contributed by atoms with Crippen LogP contribution in [0.5, 0.6) is 30.1 Å². The van der Waals surface area contributed by atoms with Gasteiger partial charge in [0.1, 0.15) is 11.6 Å². The molecule has 5 aromatic carbocycles. The van der Waals surface area contributed by atoms with Crippen molar-refractivity contribution in [3.05, 3.63) is 154 Å². The lowest BCUT2D eigenvalue weighted by Gasteiger charge is -2.21. The fourth-order valence-electron chi connectivity index (χ4n) is 10.7. The van der Waals surface area contributed by atoms with Crippen molar-refractivity contribution in [1.82, 2.24) is 74.8 Å². The first kappa shape index (κ1) is 114. The van der Waals surface area contributed by atoms with Crippen molar-refractivity contribution in [3.8, 4) is 30.1 Å². The summed E-state index contributed by atoms with van der Waals surface area (Å²) in [5.74, 6) is -19.3. The normalized spacial score (nSPS) is 12.5. The van der Waals surface area contributed by atoms with Crippen molar-refractivity contribution in [1.29, 1.82) is 0 Å². The van der Waals surface area contributed by atoms with Crippen LogP contribution in [0.4, 0.5) is 168 Å². The summed E-state index contributed by atoms with van der Waals surface area (Å²) in [5.41, 5.74) is 2.18. The molecule has 0 saturated heterocycles. The van der Waals surface area contributed by atoms with Crippen LogP contribution in [0.25, 0.3) is 0 Å². The molecular formula is C86H106ClF17N26O9. The van der Waals surface area contributed by atoms with Crippen LogP contribution in [0.1, 0.15) is 114 Å². The highest BCUT2D eigenvalue weighted by molar-refractivity contribution is 6.30. The molecule has 5 heterocycles. The monoisotopic (exact) mass is 2000 g/mol. The Hall–Kier alpha value is -13.9. The Bertz CT molecular complexity index is 5340.